The average molecular weight is 415 g/mol. The molecular formula is C24H21N3O4. The molecule has 0 radical (unpaired) electrons. The second kappa shape index (κ2) is 8.39. The minimum atomic E-state index is -1.01. The molecule has 1 atom stereocenters. The number of carbonyl (C=O) groups excluding carboxylic acids is 4. The normalized spacial score (nSPS) is 15.9. The number of nitrogens with one attached hydrogen (secondary N) is 1. The third-order valence-electron chi connectivity index (χ3n) is 5.27. The average Bonchev–Trinajstić information content (AvgIpc) is 2.89. The first-order chi connectivity index (χ1) is 15.0. The topological polar surface area (TPSA) is 86.8 Å². The van der Waals surface area contributed by atoms with Gasteiger partial charge in [-0.05, 0) is 35.9 Å². The first-order valence-electron chi connectivity index (χ1n) is 9.90. The zero-order valence-electron chi connectivity index (χ0n) is 16.9. The third kappa shape index (κ3) is 3.90. The van der Waals surface area contributed by atoms with Crippen LogP contribution in [0.5, 0.6) is 0 Å². The van der Waals surface area contributed by atoms with Gasteiger partial charge in [-0.1, -0.05) is 48.5 Å². The van der Waals surface area contributed by atoms with Crippen LogP contribution in [0.1, 0.15) is 17.3 Å². The summed E-state index contributed by atoms with van der Waals surface area (Å²) in [7, 11) is 0. The van der Waals surface area contributed by atoms with Crippen LogP contribution in [0.3, 0.4) is 0 Å². The van der Waals surface area contributed by atoms with Gasteiger partial charge < -0.3 is 15.1 Å². The quantitative estimate of drug-likeness (QED) is 0.649. The van der Waals surface area contributed by atoms with Crippen LogP contribution in [0.15, 0.2) is 66.7 Å². The smallest absolute Gasteiger partial charge is 0.252 e. The van der Waals surface area contributed by atoms with Crippen molar-refractivity contribution in [2.45, 2.75) is 13.0 Å². The van der Waals surface area contributed by atoms with Gasteiger partial charge in [0.1, 0.15) is 11.8 Å². The predicted octanol–water partition coefficient (Wildman–Crippen LogP) is 2.54. The van der Waals surface area contributed by atoms with E-state index < -0.39 is 17.9 Å². The molecule has 3 aromatic carbocycles. The van der Waals surface area contributed by atoms with Gasteiger partial charge in [0.15, 0.2) is 0 Å². The number of amides is 3. The van der Waals surface area contributed by atoms with Gasteiger partial charge in [0, 0.05) is 5.56 Å². The van der Waals surface area contributed by atoms with E-state index in [0.29, 0.717) is 23.3 Å². The van der Waals surface area contributed by atoms with E-state index in [1.807, 2.05) is 30.3 Å². The van der Waals surface area contributed by atoms with Crippen LogP contribution in [-0.4, -0.2) is 43.1 Å². The summed E-state index contributed by atoms with van der Waals surface area (Å²) in [4.78, 5) is 52.8. The first kappa shape index (κ1) is 20.3. The van der Waals surface area contributed by atoms with Crippen LogP contribution in [0.4, 0.5) is 11.4 Å². The zero-order valence-corrected chi connectivity index (χ0v) is 16.9. The molecule has 0 fully saturated rings. The Kier molecular flexibility index (Phi) is 5.49. The van der Waals surface area contributed by atoms with Gasteiger partial charge in [-0.3, -0.25) is 19.2 Å². The lowest BCUT2D eigenvalue weighted by molar-refractivity contribution is -0.123. The Morgan fingerprint density at radius 2 is 1.68 bits per heavy atom. The molecule has 7 nitrogen and oxygen atoms in total. The standard InChI is InChI=1S/C24H21N3O4/c1-16(29)13-27-22-12-5-4-11-21(22)26(15-28)14-20(24(27)31)25-23(30)19-10-6-8-17-7-2-3-9-18(17)19/h2-12,15,20H,13-14H2,1H3,(H,25,30)/t20-/m0/s1. The molecule has 156 valence electrons. The lowest BCUT2D eigenvalue weighted by Gasteiger charge is -2.24. The van der Waals surface area contributed by atoms with Crippen LogP contribution in [-0.2, 0) is 14.4 Å². The summed E-state index contributed by atoms with van der Waals surface area (Å²) in [5.41, 5.74) is 1.40. The zero-order chi connectivity index (χ0) is 22.0. The van der Waals surface area contributed by atoms with Crippen LogP contribution in [0.2, 0.25) is 0 Å². The SMILES string of the molecule is CC(=O)CN1C(=O)[C@@H](NC(=O)c2cccc3ccccc23)CN(C=O)c2ccccc21. The number of hydrogen-bond donors (Lipinski definition) is 1. The number of carbonyl (C=O) groups is 4. The van der Waals surface area contributed by atoms with E-state index in [0.717, 1.165) is 10.8 Å². The fourth-order valence-corrected chi connectivity index (χ4v) is 3.87. The van der Waals surface area contributed by atoms with Crippen molar-refractivity contribution in [3.05, 3.63) is 72.3 Å². The second-order valence-corrected chi connectivity index (χ2v) is 7.43. The molecule has 0 spiro atoms. The Balaban J connectivity index is 1.71. The number of Topliss-reactive ketones (excluding diaryl/α,β-unsaturated/α-hetero) is 1. The number of rotatable bonds is 5. The van der Waals surface area contributed by atoms with E-state index in [1.165, 1.54) is 16.7 Å². The first-order valence-corrected chi connectivity index (χ1v) is 9.90. The molecule has 0 aromatic heterocycles. The number of para-hydroxylation sites is 2. The lowest BCUT2D eigenvalue weighted by Crippen LogP contribution is -2.52. The summed E-state index contributed by atoms with van der Waals surface area (Å²) in [6, 6.07) is 18.7. The largest absolute Gasteiger partial charge is 0.339 e. The number of anilines is 2. The van der Waals surface area contributed by atoms with Gasteiger partial charge in [-0.15, -0.1) is 0 Å². The molecule has 1 aliphatic rings. The molecule has 1 aliphatic heterocycles. The minimum Gasteiger partial charge on any atom is -0.339 e. The van der Waals surface area contributed by atoms with Crippen molar-refractivity contribution in [1.29, 1.82) is 0 Å². The van der Waals surface area contributed by atoms with E-state index in [2.05, 4.69) is 5.32 Å². The summed E-state index contributed by atoms with van der Waals surface area (Å²) in [5.74, 6) is -1.07. The molecule has 1 heterocycles. The maximum Gasteiger partial charge on any atom is 0.252 e. The maximum atomic E-state index is 13.4. The summed E-state index contributed by atoms with van der Waals surface area (Å²) >= 11 is 0. The van der Waals surface area contributed by atoms with E-state index >= 15 is 0 Å². The Hall–Kier alpha value is -4.00. The number of fused-ring (bicyclic) bond motifs is 2. The van der Waals surface area contributed by atoms with Gasteiger partial charge in [0.25, 0.3) is 11.8 Å². The highest BCUT2D eigenvalue weighted by Crippen LogP contribution is 2.32. The van der Waals surface area contributed by atoms with Crippen molar-refractivity contribution in [2.75, 3.05) is 22.9 Å². The number of ketones is 1. The molecule has 1 N–H and O–H groups in total. The van der Waals surface area contributed by atoms with Crippen molar-refractivity contribution in [3.8, 4) is 0 Å². The highest BCUT2D eigenvalue weighted by molar-refractivity contribution is 6.11. The van der Waals surface area contributed by atoms with E-state index in [-0.39, 0.29) is 18.9 Å². The molecule has 0 unspecified atom stereocenters. The third-order valence-corrected chi connectivity index (χ3v) is 5.27. The van der Waals surface area contributed by atoms with Gasteiger partial charge in [-0.25, -0.2) is 0 Å². The molecule has 0 saturated carbocycles. The molecule has 3 aromatic rings. The fourth-order valence-electron chi connectivity index (χ4n) is 3.87. The molecule has 31 heavy (non-hydrogen) atoms. The summed E-state index contributed by atoms with van der Waals surface area (Å²) in [6.07, 6.45) is 0.625. The van der Waals surface area contributed by atoms with Crippen LogP contribution >= 0.6 is 0 Å². The Morgan fingerprint density at radius 1 is 1.00 bits per heavy atom. The van der Waals surface area contributed by atoms with E-state index in [1.54, 1.807) is 36.4 Å². The molecule has 3 amide bonds. The molecule has 0 aliphatic carbocycles. The van der Waals surface area contributed by atoms with Crippen LogP contribution in [0.25, 0.3) is 10.8 Å². The van der Waals surface area contributed by atoms with E-state index in [9.17, 15) is 19.2 Å². The molecule has 0 bridgehead atoms. The maximum absolute atomic E-state index is 13.4. The molecular weight excluding hydrogens is 394 g/mol. The number of benzene rings is 3. The molecule has 0 saturated heterocycles. The fraction of sp³-hybridized carbons (Fsp3) is 0.167. The highest BCUT2D eigenvalue weighted by atomic mass is 16.2. The van der Waals surface area contributed by atoms with Crippen molar-refractivity contribution >= 4 is 46.2 Å². The monoisotopic (exact) mass is 415 g/mol. The Labute approximate surface area is 179 Å². The van der Waals surface area contributed by atoms with Gasteiger partial charge in [0.05, 0.1) is 24.5 Å². The summed E-state index contributed by atoms with van der Waals surface area (Å²) < 4.78 is 0. The number of hydrogen-bond acceptors (Lipinski definition) is 4. The Morgan fingerprint density at radius 3 is 2.42 bits per heavy atom. The van der Waals surface area contributed by atoms with Crippen LogP contribution < -0.4 is 15.1 Å². The summed E-state index contributed by atoms with van der Waals surface area (Å²) in [5, 5.41) is 4.45. The van der Waals surface area contributed by atoms with Gasteiger partial charge in [0.2, 0.25) is 6.41 Å². The van der Waals surface area contributed by atoms with Crippen molar-refractivity contribution in [3.63, 3.8) is 0 Å². The molecule has 4 rings (SSSR count). The molecule has 7 heteroatoms. The highest BCUT2D eigenvalue weighted by Gasteiger charge is 2.35. The van der Waals surface area contributed by atoms with E-state index in [4.69, 9.17) is 0 Å². The number of nitrogens with zero attached hydrogens (tertiary/aromatic N) is 2. The Bertz CT molecular complexity index is 1180. The lowest BCUT2D eigenvalue weighted by atomic mass is 10.0. The van der Waals surface area contributed by atoms with Gasteiger partial charge in [-0.2, -0.15) is 0 Å². The predicted molar refractivity (Wildman–Crippen MR) is 118 cm³/mol. The second-order valence-electron chi connectivity index (χ2n) is 7.43. The van der Waals surface area contributed by atoms with Crippen molar-refractivity contribution in [1.82, 2.24) is 5.32 Å². The van der Waals surface area contributed by atoms with Crippen molar-refractivity contribution < 1.29 is 19.2 Å². The van der Waals surface area contributed by atoms with Crippen LogP contribution in [0, 0.1) is 0 Å². The minimum absolute atomic E-state index is 0.0374. The summed E-state index contributed by atoms with van der Waals surface area (Å²) in [6.45, 7) is 1.20. The van der Waals surface area contributed by atoms with Crippen molar-refractivity contribution in [2.24, 2.45) is 0 Å². The van der Waals surface area contributed by atoms with Gasteiger partial charge >= 0.3 is 0 Å².